The molecule has 294 valence electrons. The van der Waals surface area contributed by atoms with Gasteiger partial charge < -0.3 is 9.47 Å². The Balaban J connectivity index is 0.947. The zero-order valence-corrected chi connectivity index (χ0v) is 35.1. The summed E-state index contributed by atoms with van der Waals surface area (Å²) in [4.78, 5) is 2.43. The first-order valence-electron chi connectivity index (χ1n) is 21.6. The van der Waals surface area contributed by atoms with Gasteiger partial charge in [-0.1, -0.05) is 170 Å². The average Bonchev–Trinajstić information content (AvgIpc) is 3.90. The van der Waals surface area contributed by atoms with Crippen LogP contribution in [0.2, 0.25) is 0 Å². The minimum atomic E-state index is 1.10. The summed E-state index contributed by atoms with van der Waals surface area (Å²) in [5, 5.41) is 12.6. The zero-order chi connectivity index (χ0) is 41.4. The molecule has 0 aliphatic heterocycles. The summed E-state index contributed by atoms with van der Waals surface area (Å²) in [7, 11) is 0. The predicted octanol–water partition coefficient (Wildman–Crippen LogP) is 17.4. The van der Waals surface area contributed by atoms with E-state index in [4.69, 9.17) is 0 Å². The van der Waals surface area contributed by atoms with Gasteiger partial charge in [0, 0.05) is 58.8 Å². The number of aromatic nitrogens is 1. The molecule has 0 fully saturated rings. The van der Waals surface area contributed by atoms with Crippen LogP contribution in [0.5, 0.6) is 0 Å². The molecular weight excluding hydrogens is 781 g/mol. The summed E-state index contributed by atoms with van der Waals surface area (Å²) in [5.74, 6) is 0. The van der Waals surface area contributed by atoms with E-state index in [9.17, 15) is 0 Å². The minimum absolute atomic E-state index is 1.10. The van der Waals surface area contributed by atoms with Crippen molar-refractivity contribution in [2.45, 2.75) is 0 Å². The number of thiophene rings is 1. The Morgan fingerprint density at radius 2 is 0.857 bits per heavy atom. The first kappa shape index (κ1) is 35.7. The fraction of sp³-hybridized carbons (Fsp3) is 0. The molecule has 3 heteroatoms. The fourth-order valence-electron chi connectivity index (χ4n) is 9.96. The molecule has 63 heavy (non-hydrogen) atoms. The lowest BCUT2D eigenvalue weighted by Crippen LogP contribution is -2.10. The van der Waals surface area contributed by atoms with Crippen LogP contribution in [0.3, 0.4) is 0 Å². The van der Waals surface area contributed by atoms with E-state index >= 15 is 0 Å². The monoisotopic (exact) mass is 818 g/mol. The van der Waals surface area contributed by atoms with Gasteiger partial charge in [0.2, 0.25) is 0 Å². The van der Waals surface area contributed by atoms with Crippen LogP contribution in [0.1, 0.15) is 0 Å². The second-order valence-electron chi connectivity index (χ2n) is 16.5. The third-order valence-electron chi connectivity index (χ3n) is 13.0. The molecular formula is C60H38N2S. The summed E-state index contributed by atoms with van der Waals surface area (Å²) >= 11 is 1.87. The molecule has 0 N–H and O–H groups in total. The maximum Gasteiger partial charge on any atom is 0.0619 e. The Labute approximate surface area is 368 Å². The summed E-state index contributed by atoms with van der Waals surface area (Å²) in [5.41, 5.74) is 11.7. The normalized spacial score (nSPS) is 11.8. The van der Waals surface area contributed by atoms with Crippen LogP contribution in [0.15, 0.2) is 231 Å². The van der Waals surface area contributed by atoms with Crippen LogP contribution in [0.4, 0.5) is 17.1 Å². The summed E-state index contributed by atoms with van der Waals surface area (Å²) in [6, 6.07) is 84.8. The maximum atomic E-state index is 2.45. The van der Waals surface area contributed by atoms with Crippen molar-refractivity contribution < 1.29 is 0 Å². The molecule has 0 aliphatic carbocycles. The lowest BCUT2D eigenvalue weighted by atomic mass is 9.98. The second kappa shape index (κ2) is 14.3. The van der Waals surface area contributed by atoms with Crippen LogP contribution >= 0.6 is 11.3 Å². The van der Waals surface area contributed by atoms with Crippen molar-refractivity contribution in [2.24, 2.45) is 0 Å². The zero-order valence-electron chi connectivity index (χ0n) is 34.2. The van der Waals surface area contributed by atoms with Gasteiger partial charge >= 0.3 is 0 Å². The molecule has 0 radical (unpaired) electrons. The number of hydrogen-bond acceptors (Lipinski definition) is 2. The largest absolute Gasteiger partial charge is 0.310 e. The van der Waals surface area contributed by atoms with E-state index in [1.165, 1.54) is 96.5 Å². The molecule has 0 atom stereocenters. The van der Waals surface area contributed by atoms with Crippen molar-refractivity contribution in [2.75, 3.05) is 4.90 Å². The van der Waals surface area contributed by atoms with Gasteiger partial charge in [-0.25, -0.2) is 0 Å². The van der Waals surface area contributed by atoms with Gasteiger partial charge in [-0.2, -0.15) is 0 Å². The highest BCUT2D eigenvalue weighted by Crippen LogP contribution is 2.44. The van der Waals surface area contributed by atoms with Crippen LogP contribution in [-0.4, -0.2) is 4.57 Å². The van der Waals surface area contributed by atoms with Crippen molar-refractivity contribution >= 4 is 103 Å². The third-order valence-corrected chi connectivity index (χ3v) is 14.1. The van der Waals surface area contributed by atoms with Crippen molar-refractivity contribution in [3.8, 4) is 27.9 Å². The van der Waals surface area contributed by atoms with Crippen molar-refractivity contribution in [1.82, 2.24) is 4.57 Å². The quantitative estimate of drug-likeness (QED) is 0.152. The molecule has 0 saturated heterocycles. The summed E-state index contributed by atoms with van der Waals surface area (Å²) < 4.78 is 5.09. The number of para-hydroxylation sites is 1. The van der Waals surface area contributed by atoms with Crippen molar-refractivity contribution in [3.05, 3.63) is 231 Å². The number of rotatable bonds is 6. The van der Waals surface area contributed by atoms with E-state index in [2.05, 4.69) is 240 Å². The highest BCUT2D eigenvalue weighted by Gasteiger charge is 2.20. The Morgan fingerprint density at radius 3 is 1.60 bits per heavy atom. The molecule has 0 unspecified atom stereocenters. The fourth-order valence-corrected chi connectivity index (χ4v) is 11.1. The van der Waals surface area contributed by atoms with E-state index in [1.54, 1.807) is 0 Å². The topological polar surface area (TPSA) is 8.17 Å². The summed E-state index contributed by atoms with van der Waals surface area (Å²) in [6.45, 7) is 0. The molecule has 11 aromatic carbocycles. The van der Waals surface area contributed by atoms with Gasteiger partial charge in [0.05, 0.1) is 16.7 Å². The molecule has 0 aliphatic rings. The van der Waals surface area contributed by atoms with Gasteiger partial charge in [-0.05, 0) is 104 Å². The van der Waals surface area contributed by atoms with Gasteiger partial charge in [0.15, 0.2) is 0 Å². The number of nitrogens with zero attached hydrogens (tertiary/aromatic N) is 2. The Kier molecular flexibility index (Phi) is 8.12. The van der Waals surface area contributed by atoms with E-state index < -0.39 is 0 Å². The van der Waals surface area contributed by atoms with E-state index in [-0.39, 0.29) is 0 Å². The van der Waals surface area contributed by atoms with Crippen LogP contribution < -0.4 is 4.90 Å². The van der Waals surface area contributed by atoms with E-state index in [1.807, 2.05) is 11.3 Å². The van der Waals surface area contributed by atoms with Crippen molar-refractivity contribution in [3.63, 3.8) is 0 Å². The Bertz CT molecular complexity index is 3900. The smallest absolute Gasteiger partial charge is 0.0619 e. The molecule has 13 aromatic rings. The highest BCUT2D eigenvalue weighted by atomic mass is 32.1. The highest BCUT2D eigenvalue weighted by molar-refractivity contribution is 7.25. The van der Waals surface area contributed by atoms with Gasteiger partial charge in [0.1, 0.15) is 0 Å². The minimum Gasteiger partial charge on any atom is -0.310 e. The van der Waals surface area contributed by atoms with Crippen LogP contribution in [-0.2, 0) is 0 Å². The lowest BCUT2D eigenvalue weighted by Gasteiger charge is -2.28. The first-order valence-corrected chi connectivity index (χ1v) is 22.4. The molecule has 2 heterocycles. The molecule has 0 amide bonds. The molecule has 2 nitrogen and oxygen atoms in total. The van der Waals surface area contributed by atoms with Crippen LogP contribution in [0, 0.1) is 0 Å². The van der Waals surface area contributed by atoms with Gasteiger partial charge in [0.25, 0.3) is 0 Å². The SMILES string of the molecule is c1ccc(-n2c3cc(-c4ccc(N(c5ccc(-c6ccc7c(c6)sc6ccccc67)cc5)c5cc6ccccc6c6ccccc56)cc4)ccc3c3ccc4ccccc4c32)cc1. The number of benzene rings is 11. The van der Waals surface area contributed by atoms with Gasteiger partial charge in [-0.3, -0.25) is 0 Å². The predicted molar refractivity (Wildman–Crippen MR) is 272 cm³/mol. The molecule has 13 rings (SSSR count). The average molecular weight is 819 g/mol. The third kappa shape index (κ3) is 5.78. The second-order valence-corrected chi connectivity index (χ2v) is 17.6. The van der Waals surface area contributed by atoms with Gasteiger partial charge in [-0.15, -0.1) is 11.3 Å². The van der Waals surface area contributed by atoms with Crippen molar-refractivity contribution in [1.29, 1.82) is 0 Å². The molecule has 2 aromatic heterocycles. The maximum absolute atomic E-state index is 2.45. The number of fused-ring (bicyclic) bond motifs is 11. The summed E-state index contributed by atoms with van der Waals surface area (Å²) in [6.07, 6.45) is 0. The molecule has 0 saturated carbocycles. The van der Waals surface area contributed by atoms with E-state index in [0.29, 0.717) is 0 Å². The van der Waals surface area contributed by atoms with Crippen LogP contribution in [0.25, 0.3) is 102 Å². The Morgan fingerprint density at radius 1 is 0.317 bits per heavy atom. The number of anilines is 3. The Hall–Kier alpha value is -7.98. The number of hydrogen-bond donors (Lipinski definition) is 0. The molecule has 0 bridgehead atoms. The molecule has 0 spiro atoms. The first-order chi connectivity index (χ1) is 31.2. The van der Waals surface area contributed by atoms with E-state index in [0.717, 1.165) is 22.7 Å². The lowest BCUT2D eigenvalue weighted by molar-refractivity contribution is 1.19. The standard InChI is InChI=1S/C60H38N2S/c1-2-14-45(15-3-1)62-57-36-42(27-33-52(57)55-35-26-41-12-4-7-17-49(41)60(55)62)39-22-29-46(30-23-39)61(56-37-44-13-5-6-16-48(44)50-18-8-9-19-51(50)56)47-31-24-40(25-32-47)43-28-34-54-53-20-10-11-21-58(53)63-59(54)38-43/h1-38H.